The number of methoxy groups -OCH3 is 1. The highest BCUT2D eigenvalue weighted by Crippen LogP contribution is 2.43. The van der Waals surface area contributed by atoms with E-state index in [2.05, 4.69) is 10.6 Å². The predicted octanol–water partition coefficient (Wildman–Crippen LogP) is 3.82. The van der Waals surface area contributed by atoms with Crippen molar-refractivity contribution >= 4 is 23.1 Å². The van der Waals surface area contributed by atoms with Gasteiger partial charge in [-0.3, -0.25) is 9.59 Å². The first kappa shape index (κ1) is 17.4. The van der Waals surface area contributed by atoms with E-state index in [9.17, 15) is 9.59 Å². The second kappa shape index (κ2) is 6.61. The molecule has 1 aromatic heterocycles. The first-order valence-electron chi connectivity index (χ1n) is 9.03. The minimum absolute atomic E-state index is 0.152. The van der Waals surface area contributed by atoms with Crippen molar-refractivity contribution < 1.29 is 18.7 Å². The van der Waals surface area contributed by atoms with Gasteiger partial charge < -0.3 is 19.8 Å². The minimum Gasteiger partial charge on any atom is -0.468 e. The molecule has 1 aliphatic carbocycles. The van der Waals surface area contributed by atoms with Crippen LogP contribution in [0.1, 0.15) is 30.9 Å². The van der Waals surface area contributed by atoms with Gasteiger partial charge in [0.1, 0.15) is 23.5 Å². The van der Waals surface area contributed by atoms with Crippen molar-refractivity contribution in [1.82, 2.24) is 0 Å². The lowest BCUT2D eigenvalue weighted by Gasteiger charge is -2.31. The molecular formula is C21H22N2O4. The monoisotopic (exact) mass is 366 g/mol. The van der Waals surface area contributed by atoms with Gasteiger partial charge in [-0.25, -0.2) is 0 Å². The molecule has 0 spiro atoms. The smallest absolute Gasteiger partial charge is 0.316 e. The summed E-state index contributed by atoms with van der Waals surface area (Å²) in [5.74, 6) is -0.263. The van der Waals surface area contributed by atoms with E-state index in [1.807, 2.05) is 50.2 Å². The largest absolute Gasteiger partial charge is 0.468 e. The number of carbonyl (C=O) groups excluding carboxylic acids is 2. The number of allylic oxidation sites excluding steroid dienone is 1. The Morgan fingerprint density at radius 1 is 1.19 bits per heavy atom. The molecule has 0 saturated carbocycles. The summed E-state index contributed by atoms with van der Waals surface area (Å²) in [6.07, 6.45) is 0.576. The van der Waals surface area contributed by atoms with E-state index in [0.717, 1.165) is 22.8 Å². The lowest BCUT2D eigenvalue weighted by Crippen LogP contribution is -2.39. The maximum atomic E-state index is 13.4. The number of carbonyl (C=O) groups is 2. The molecular weight excluding hydrogens is 344 g/mol. The van der Waals surface area contributed by atoms with Crippen molar-refractivity contribution in [3.8, 4) is 0 Å². The van der Waals surface area contributed by atoms with Gasteiger partial charge in [-0.1, -0.05) is 19.1 Å². The van der Waals surface area contributed by atoms with Crippen molar-refractivity contribution in [2.75, 3.05) is 17.7 Å². The third-order valence-corrected chi connectivity index (χ3v) is 5.27. The zero-order chi connectivity index (χ0) is 19.1. The summed E-state index contributed by atoms with van der Waals surface area (Å²) in [6, 6.07) is 11.1. The van der Waals surface area contributed by atoms with E-state index in [0.29, 0.717) is 17.8 Å². The van der Waals surface area contributed by atoms with Gasteiger partial charge in [0.15, 0.2) is 5.78 Å². The molecule has 1 aliphatic heterocycles. The summed E-state index contributed by atoms with van der Waals surface area (Å²) in [7, 11) is 1.32. The number of rotatable bonds is 2. The predicted molar refractivity (Wildman–Crippen MR) is 101 cm³/mol. The number of benzene rings is 1. The highest BCUT2D eigenvalue weighted by atomic mass is 16.5. The van der Waals surface area contributed by atoms with Crippen LogP contribution in [-0.2, 0) is 14.3 Å². The Bertz CT molecular complexity index is 943. The molecule has 6 nitrogen and oxygen atoms in total. The summed E-state index contributed by atoms with van der Waals surface area (Å²) >= 11 is 0. The molecule has 2 N–H and O–H groups in total. The van der Waals surface area contributed by atoms with E-state index in [1.165, 1.54) is 7.11 Å². The zero-order valence-corrected chi connectivity index (χ0v) is 15.5. The zero-order valence-electron chi connectivity index (χ0n) is 15.5. The fourth-order valence-corrected chi connectivity index (χ4v) is 3.96. The number of ketones is 1. The highest BCUT2D eigenvalue weighted by Gasteiger charge is 2.44. The fourth-order valence-electron chi connectivity index (χ4n) is 3.96. The van der Waals surface area contributed by atoms with Crippen LogP contribution in [0.3, 0.4) is 0 Å². The lowest BCUT2D eigenvalue weighted by molar-refractivity contribution is -0.151. The topological polar surface area (TPSA) is 80.6 Å². The number of Topliss-reactive ketones (excluding diaryl/α,β-unsaturated/α-hetero) is 1. The molecule has 140 valence electrons. The standard InChI is InChI=1S/C21H22N2O4/c1-11-10-15-18(20(24)17(11)21(25)26-3)19(16-9-8-12(2)27-16)23-14-7-5-4-6-13(14)22-15/h4-9,11,17,19,22-23H,10H2,1-3H3/t11-,17-,19-/m1/s1. The van der Waals surface area contributed by atoms with Crippen LogP contribution in [0.4, 0.5) is 11.4 Å². The number of fused-ring (bicyclic) bond motifs is 1. The molecule has 6 heteroatoms. The minimum atomic E-state index is -0.808. The molecule has 2 aromatic rings. The second-order valence-corrected chi connectivity index (χ2v) is 7.14. The molecule has 0 amide bonds. The van der Waals surface area contributed by atoms with Crippen molar-refractivity contribution in [1.29, 1.82) is 0 Å². The van der Waals surface area contributed by atoms with Gasteiger partial charge in [0, 0.05) is 11.3 Å². The molecule has 3 atom stereocenters. The number of esters is 1. The quantitative estimate of drug-likeness (QED) is 0.621. The SMILES string of the molecule is COC(=O)[C@H]1C(=O)C2=C(C[C@H]1C)Nc1ccccc1N[C@@H]2c1ccc(C)o1. The summed E-state index contributed by atoms with van der Waals surface area (Å²) in [5.41, 5.74) is 3.13. The number of ether oxygens (including phenoxy) is 1. The molecule has 2 aliphatic rings. The Kier molecular flexibility index (Phi) is 4.26. The summed E-state index contributed by atoms with van der Waals surface area (Å²) in [4.78, 5) is 25.7. The van der Waals surface area contributed by atoms with Crippen LogP contribution >= 0.6 is 0 Å². The van der Waals surface area contributed by atoms with Gasteiger partial charge in [0.25, 0.3) is 0 Å². The summed E-state index contributed by atoms with van der Waals surface area (Å²) < 4.78 is 10.7. The summed E-state index contributed by atoms with van der Waals surface area (Å²) in [5, 5.41) is 6.83. The fraction of sp³-hybridized carbons (Fsp3) is 0.333. The number of hydrogen-bond donors (Lipinski definition) is 2. The number of nitrogens with one attached hydrogen (secondary N) is 2. The van der Waals surface area contributed by atoms with Gasteiger partial charge in [-0.15, -0.1) is 0 Å². The van der Waals surface area contributed by atoms with Crippen LogP contribution in [0.15, 0.2) is 52.1 Å². The third kappa shape index (κ3) is 2.91. The Hall–Kier alpha value is -3.02. The van der Waals surface area contributed by atoms with Gasteiger partial charge in [-0.05, 0) is 43.5 Å². The third-order valence-electron chi connectivity index (χ3n) is 5.27. The van der Waals surface area contributed by atoms with Crippen LogP contribution in [-0.4, -0.2) is 18.9 Å². The van der Waals surface area contributed by atoms with Crippen LogP contribution < -0.4 is 10.6 Å². The van der Waals surface area contributed by atoms with Gasteiger partial charge in [0.05, 0.1) is 18.5 Å². The maximum Gasteiger partial charge on any atom is 0.316 e. The highest BCUT2D eigenvalue weighted by molar-refractivity contribution is 6.11. The van der Waals surface area contributed by atoms with Gasteiger partial charge in [-0.2, -0.15) is 0 Å². The average molecular weight is 366 g/mol. The normalized spacial score (nSPS) is 24.3. The van der Waals surface area contributed by atoms with Crippen LogP contribution in [0.5, 0.6) is 0 Å². The molecule has 4 rings (SSSR count). The first-order chi connectivity index (χ1) is 13.0. The number of anilines is 2. The summed E-state index contributed by atoms with van der Waals surface area (Å²) in [6.45, 7) is 3.77. The molecule has 0 saturated heterocycles. The van der Waals surface area contributed by atoms with Crippen LogP contribution in [0, 0.1) is 18.8 Å². The van der Waals surface area contributed by atoms with Crippen molar-refractivity contribution in [3.63, 3.8) is 0 Å². The van der Waals surface area contributed by atoms with E-state index in [-0.39, 0.29) is 11.7 Å². The Morgan fingerprint density at radius 2 is 1.93 bits per heavy atom. The van der Waals surface area contributed by atoms with E-state index in [1.54, 1.807) is 0 Å². The second-order valence-electron chi connectivity index (χ2n) is 7.14. The Balaban J connectivity index is 1.86. The number of aryl methyl sites for hydroxylation is 1. The molecule has 0 fully saturated rings. The van der Waals surface area contributed by atoms with Crippen LogP contribution in [0.25, 0.3) is 0 Å². The number of para-hydroxylation sites is 2. The van der Waals surface area contributed by atoms with Gasteiger partial charge >= 0.3 is 5.97 Å². The van der Waals surface area contributed by atoms with Crippen molar-refractivity contribution in [2.45, 2.75) is 26.3 Å². The van der Waals surface area contributed by atoms with Gasteiger partial charge in [0.2, 0.25) is 0 Å². The first-order valence-corrected chi connectivity index (χ1v) is 9.03. The van der Waals surface area contributed by atoms with E-state index in [4.69, 9.17) is 9.15 Å². The number of furan rings is 1. The average Bonchev–Trinajstić information content (AvgIpc) is 3.00. The lowest BCUT2D eigenvalue weighted by atomic mass is 9.75. The van der Waals surface area contributed by atoms with Crippen molar-refractivity contribution in [2.24, 2.45) is 11.8 Å². The van der Waals surface area contributed by atoms with E-state index >= 15 is 0 Å². The maximum absolute atomic E-state index is 13.4. The van der Waals surface area contributed by atoms with Crippen molar-refractivity contribution in [3.05, 3.63) is 59.2 Å². The molecule has 27 heavy (non-hydrogen) atoms. The van der Waals surface area contributed by atoms with Crippen LogP contribution in [0.2, 0.25) is 0 Å². The Morgan fingerprint density at radius 3 is 2.59 bits per heavy atom. The molecule has 2 heterocycles. The molecule has 0 radical (unpaired) electrons. The molecule has 1 aromatic carbocycles. The van der Waals surface area contributed by atoms with E-state index < -0.39 is 17.9 Å². The number of hydrogen-bond acceptors (Lipinski definition) is 6. The molecule has 0 unspecified atom stereocenters. The molecule has 0 bridgehead atoms. The Labute approximate surface area is 157 Å².